The molecule has 3 aromatic rings. The van der Waals surface area contributed by atoms with Crippen LogP contribution in [0.1, 0.15) is 21.5 Å². The summed E-state index contributed by atoms with van der Waals surface area (Å²) in [7, 11) is 0. The summed E-state index contributed by atoms with van der Waals surface area (Å²) in [5, 5.41) is 8.89. The quantitative estimate of drug-likeness (QED) is 0.719. The molecule has 0 bridgehead atoms. The van der Waals surface area contributed by atoms with Gasteiger partial charge in [0.2, 0.25) is 0 Å². The number of hydrogen-bond donors (Lipinski definition) is 2. The van der Waals surface area contributed by atoms with Crippen molar-refractivity contribution in [3.05, 3.63) is 102 Å². The molecular weight excluding hydrogens is 298 g/mol. The van der Waals surface area contributed by atoms with Crippen LogP contribution in [0.3, 0.4) is 0 Å². The average molecular weight is 319 g/mol. The zero-order valence-electron chi connectivity index (χ0n) is 13.4. The molecule has 0 aromatic heterocycles. The van der Waals surface area contributed by atoms with Crippen molar-refractivity contribution in [3.8, 4) is 5.75 Å². The molecular formula is C21H21NO2. The van der Waals surface area contributed by atoms with Crippen LogP contribution in [0.5, 0.6) is 5.75 Å². The molecule has 0 radical (unpaired) electrons. The Kier molecular flexibility index (Phi) is 6.74. The minimum atomic E-state index is 0.0752. The van der Waals surface area contributed by atoms with E-state index in [9.17, 15) is 4.79 Å². The summed E-state index contributed by atoms with van der Waals surface area (Å²) < 4.78 is 0. The van der Waals surface area contributed by atoms with Crippen LogP contribution in [0, 0.1) is 0 Å². The second-order valence-corrected chi connectivity index (χ2v) is 5.27. The standard InChI is InChI=1S/C13H10O.C8H11NO/c14-13(11-7-3-1-4-8-11)12-9-5-2-6-10-12;9-6-5-7-1-3-8(10)4-2-7/h1-10H;1-4,10H,5-6,9H2. The first kappa shape index (κ1) is 17.4. The minimum absolute atomic E-state index is 0.0752. The van der Waals surface area contributed by atoms with Crippen molar-refractivity contribution in [3.63, 3.8) is 0 Å². The van der Waals surface area contributed by atoms with E-state index >= 15 is 0 Å². The Labute approximate surface area is 142 Å². The van der Waals surface area contributed by atoms with Crippen molar-refractivity contribution in [1.82, 2.24) is 0 Å². The molecule has 3 aromatic carbocycles. The van der Waals surface area contributed by atoms with E-state index in [1.807, 2.05) is 72.8 Å². The van der Waals surface area contributed by atoms with E-state index in [-0.39, 0.29) is 5.78 Å². The second-order valence-electron chi connectivity index (χ2n) is 5.27. The van der Waals surface area contributed by atoms with Gasteiger partial charge in [0.05, 0.1) is 0 Å². The fourth-order valence-corrected chi connectivity index (χ4v) is 2.18. The van der Waals surface area contributed by atoms with Gasteiger partial charge in [0.1, 0.15) is 5.75 Å². The summed E-state index contributed by atoms with van der Waals surface area (Å²) in [5.41, 5.74) is 7.97. The van der Waals surface area contributed by atoms with Crippen molar-refractivity contribution >= 4 is 5.78 Å². The van der Waals surface area contributed by atoms with Gasteiger partial charge in [-0.2, -0.15) is 0 Å². The zero-order chi connectivity index (χ0) is 17.2. The molecule has 0 fully saturated rings. The largest absolute Gasteiger partial charge is 0.508 e. The molecule has 24 heavy (non-hydrogen) atoms. The normalized spacial score (nSPS) is 9.71. The maximum Gasteiger partial charge on any atom is 0.193 e. The number of rotatable bonds is 4. The molecule has 3 heteroatoms. The Morgan fingerprint density at radius 2 is 1.21 bits per heavy atom. The van der Waals surface area contributed by atoms with Crippen LogP contribution in [0.25, 0.3) is 0 Å². The van der Waals surface area contributed by atoms with Gasteiger partial charge >= 0.3 is 0 Å². The molecule has 3 nitrogen and oxygen atoms in total. The van der Waals surface area contributed by atoms with Gasteiger partial charge in [-0.05, 0) is 30.7 Å². The van der Waals surface area contributed by atoms with Gasteiger partial charge in [-0.1, -0.05) is 72.8 Å². The average Bonchev–Trinajstić information content (AvgIpc) is 2.65. The number of hydrogen-bond acceptors (Lipinski definition) is 3. The highest BCUT2D eigenvalue weighted by Gasteiger charge is 2.06. The molecule has 0 heterocycles. The Morgan fingerprint density at radius 1 is 0.750 bits per heavy atom. The number of phenolic OH excluding ortho intramolecular Hbond substituents is 1. The fraction of sp³-hybridized carbons (Fsp3) is 0.0952. The van der Waals surface area contributed by atoms with Crippen LogP contribution in [0.15, 0.2) is 84.9 Å². The predicted molar refractivity (Wildman–Crippen MR) is 97.2 cm³/mol. The topological polar surface area (TPSA) is 63.3 Å². The van der Waals surface area contributed by atoms with E-state index in [0.29, 0.717) is 12.3 Å². The highest BCUT2D eigenvalue weighted by Crippen LogP contribution is 2.09. The molecule has 0 saturated carbocycles. The van der Waals surface area contributed by atoms with E-state index < -0.39 is 0 Å². The van der Waals surface area contributed by atoms with Gasteiger partial charge in [-0.15, -0.1) is 0 Å². The van der Waals surface area contributed by atoms with Crippen LogP contribution in [-0.4, -0.2) is 17.4 Å². The predicted octanol–water partition coefficient (Wildman–Crippen LogP) is 3.81. The van der Waals surface area contributed by atoms with E-state index in [4.69, 9.17) is 10.8 Å². The van der Waals surface area contributed by atoms with Crippen molar-refractivity contribution in [2.45, 2.75) is 6.42 Å². The summed E-state index contributed by atoms with van der Waals surface area (Å²) in [4.78, 5) is 11.8. The van der Waals surface area contributed by atoms with Gasteiger partial charge in [0, 0.05) is 11.1 Å². The number of benzene rings is 3. The Morgan fingerprint density at radius 3 is 1.62 bits per heavy atom. The van der Waals surface area contributed by atoms with Crippen LogP contribution in [0.4, 0.5) is 0 Å². The molecule has 0 aliphatic heterocycles. The lowest BCUT2D eigenvalue weighted by Gasteiger charge is -1.99. The summed E-state index contributed by atoms with van der Waals surface area (Å²) in [6.07, 6.45) is 0.875. The highest BCUT2D eigenvalue weighted by molar-refractivity contribution is 6.08. The lowest BCUT2D eigenvalue weighted by Crippen LogP contribution is -2.01. The number of carbonyl (C=O) groups is 1. The van der Waals surface area contributed by atoms with Crippen molar-refractivity contribution in [2.24, 2.45) is 5.73 Å². The van der Waals surface area contributed by atoms with E-state index in [2.05, 4.69) is 0 Å². The third-order valence-corrected chi connectivity index (χ3v) is 3.44. The van der Waals surface area contributed by atoms with Crippen molar-refractivity contribution in [2.75, 3.05) is 6.54 Å². The van der Waals surface area contributed by atoms with Gasteiger partial charge in [0.25, 0.3) is 0 Å². The number of aromatic hydroxyl groups is 1. The lowest BCUT2D eigenvalue weighted by molar-refractivity contribution is 0.103. The lowest BCUT2D eigenvalue weighted by atomic mass is 10.0. The zero-order valence-corrected chi connectivity index (χ0v) is 13.4. The first-order chi connectivity index (χ1) is 11.7. The SMILES string of the molecule is NCCc1ccc(O)cc1.O=C(c1ccccc1)c1ccccc1. The Balaban J connectivity index is 0.000000185. The maximum absolute atomic E-state index is 11.8. The van der Waals surface area contributed by atoms with E-state index in [1.165, 1.54) is 5.56 Å². The summed E-state index contributed by atoms with van der Waals surface area (Å²) >= 11 is 0. The van der Waals surface area contributed by atoms with Crippen LogP contribution in [-0.2, 0) is 6.42 Å². The van der Waals surface area contributed by atoms with Crippen LogP contribution < -0.4 is 5.73 Å². The summed E-state index contributed by atoms with van der Waals surface area (Å²) in [5.74, 6) is 0.381. The molecule has 0 aliphatic rings. The first-order valence-corrected chi connectivity index (χ1v) is 7.83. The Hall–Kier alpha value is -2.91. The smallest absolute Gasteiger partial charge is 0.193 e. The molecule has 3 rings (SSSR count). The first-order valence-electron chi connectivity index (χ1n) is 7.83. The number of ketones is 1. The van der Waals surface area contributed by atoms with Gasteiger partial charge in [-0.3, -0.25) is 4.79 Å². The molecule has 0 unspecified atom stereocenters. The third-order valence-electron chi connectivity index (χ3n) is 3.44. The van der Waals surface area contributed by atoms with Crippen LogP contribution >= 0.6 is 0 Å². The third kappa shape index (κ3) is 5.38. The molecule has 0 aliphatic carbocycles. The van der Waals surface area contributed by atoms with E-state index in [1.54, 1.807) is 12.1 Å². The molecule has 0 amide bonds. The number of nitrogens with two attached hydrogens (primary N) is 1. The van der Waals surface area contributed by atoms with E-state index in [0.717, 1.165) is 17.5 Å². The minimum Gasteiger partial charge on any atom is -0.508 e. The highest BCUT2D eigenvalue weighted by atomic mass is 16.3. The van der Waals surface area contributed by atoms with Gasteiger partial charge < -0.3 is 10.8 Å². The molecule has 122 valence electrons. The summed E-state index contributed by atoms with van der Waals surface area (Å²) in [6.45, 7) is 0.658. The van der Waals surface area contributed by atoms with Gasteiger partial charge in [-0.25, -0.2) is 0 Å². The number of carbonyl (C=O) groups excluding carboxylic acids is 1. The molecule has 0 spiro atoms. The summed E-state index contributed by atoms with van der Waals surface area (Å²) in [6, 6.07) is 25.7. The maximum atomic E-state index is 11.8. The van der Waals surface area contributed by atoms with Crippen LogP contribution in [0.2, 0.25) is 0 Å². The second kappa shape index (κ2) is 9.28. The van der Waals surface area contributed by atoms with Crippen molar-refractivity contribution in [1.29, 1.82) is 0 Å². The fourth-order valence-electron chi connectivity index (χ4n) is 2.18. The van der Waals surface area contributed by atoms with Gasteiger partial charge in [0.15, 0.2) is 5.78 Å². The molecule has 3 N–H and O–H groups in total. The molecule has 0 saturated heterocycles. The Bertz CT molecular complexity index is 696. The van der Waals surface area contributed by atoms with Crippen molar-refractivity contribution < 1.29 is 9.90 Å². The number of phenols is 1. The monoisotopic (exact) mass is 319 g/mol. The molecule has 0 atom stereocenters.